The number of ether oxygens (including phenoxy) is 1. The standard InChI is InChI=1S/C15H25NO/c1-4-14(13(2)16-3)9-8-12-17-15-10-6-5-7-11-15/h5-7,10-11,13-14,16H,4,8-9,12H2,1-3H3. The van der Waals surface area contributed by atoms with Crippen molar-refractivity contribution in [2.45, 2.75) is 39.2 Å². The zero-order chi connectivity index (χ0) is 12.5. The normalized spacial score (nSPS) is 14.3. The Bertz CT molecular complexity index is 286. The smallest absolute Gasteiger partial charge is 0.119 e. The van der Waals surface area contributed by atoms with Crippen molar-refractivity contribution >= 4 is 0 Å². The summed E-state index contributed by atoms with van der Waals surface area (Å²) in [5.74, 6) is 1.72. The summed E-state index contributed by atoms with van der Waals surface area (Å²) in [7, 11) is 2.04. The van der Waals surface area contributed by atoms with E-state index < -0.39 is 0 Å². The molecule has 0 aliphatic heterocycles. The highest BCUT2D eigenvalue weighted by Gasteiger charge is 2.12. The quantitative estimate of drug-likeness (QED) is 0.697. The lowest BCUT2D eigenvalue weighted by molar-refractivity contribution is 0.274. The molecule has 0 fully saturated rings. The summed E-state index contributed by atoms with van der Waals surface area (Å²) in [4.78, 5) is 0. The molecule has 17 heavy (non-hydrogen) atoms. The lowest BCUT2D eigenvalue weighted by Gasteiger charge is -2.22. The second kappa shape index (κ2) is 8.13. The average molecular weight is 235 g/mol. The molecule has 0 amide bonds. The Morgan fingerprint density at radius 2 is 1.94 bits per heavy atom. The predicted octanol–water partition coefficient (Wildman–Crippen LogP) is 3.48. The number of para-hydroxylation sites is 1. The maximum Gasteiger partial charge on any atom is 0.119 e. The zero-order valence-corrected chi connectivity index (χ0v) is 11.3. The molecule has 0 radical (unpaired) electrons. The second-order valence-electron chi connectivity index (χ2n) is 4.55. The van der Waals surface area contributed by atoms with Gasteiger partial charge in [0.1, 0.15) is 5.75 Å². The maximum absolute atomic E-state index is 5.69. The molecule has 0 saturated carbocycles. The van der Waals surface area contributed by atoms with Crippen LogP contribution in [0.15, 0.2) is 30.3 Å². The fraction of sp³-hybridized carbons (Fsp3) is 0.600. The third-order valence-electron chi connectivity index (χ3n) is 3.42. The van der Waals surface area contributed by atoms with Crippen LogP contribution in [-0.4, -0.2) is 19.7 Å². The van der Waals surface area contributed by atoms with E-state index in [1.54, 1.807) is 0 Å². The third kappa shape index (κ3) is 5.22. The topological polar surface area (TPSA) is 21.3 Å². The number of hydrogen-bond acceptors (Lipinski definition) is 2. The molecule has 1 N–H and O–H groups in total. The van der Waals surface area contributed by atoms with E-state index >= 15 is 0 Å². The van der Waals surface area contributed by atoms with Crippen LogP contribution in [0.2, 0.25) is 0 Å². The maximum atomic E-state index is 5.69. The molecule has 1 aromatic rings. The molecule has 1 aromatic carbocycles. The molecule has 2 atom stereocenters. The van der Waals surface area contributed by atoms with Crippen LogP contribution in [0.25, 0.3) is 0 Å². The van der Waals surface area contributed by atoms with Gasteiger partial charge in [0, 0.05) is 6.04 Å². The number of nitrogens with one attached hydrogen (secondary N) is 1. The van der Waals surface area contributed by atoms with Gasteiger partial charge in [-0.15, -0.1) is 0 Å². The summed E-state index contributed by atoms with van der Waals surface area (Å²) in [6.45, 7) is 5.33. The van der Waals surface area contributed by atoms with Crippen molar-refractivity contribution in [3.8, 4) is 5.75 Å². The van der Waals surface area contributed by atoms with Gasteiger partial charge in [0.2, 0.25) is 0 Å². The first-order valence-corrected chi connectivity index (χ1v) is 6.63. The Balaban J connectivity index is 2.19. The molecule has 0 aromatic heterocycles. The van der Waals surface area contributed by atoms with E-state index in [9.17, 15) is 0 Å². The van der Waals surface area contributed by atoms with Gasteiger partial charge in [-0.2, -0.15) is 0 Å². The summed E-state index contributed by atoms with van der Waals surface area (Å²) < 4.78 is 5.69. The first-order valence-electron chi connectivity index (χ1n) is 6.63. The molecule has 0 aliphatic carbocycles. The summed E-state index contributed by atoms with van der Waals surface area (Å²) in [5.41, 5.74) is 0. The lowest BCUT2D eigenvalue weighted by Crippen LogP contribution is -2.30. The molecule has 0 spiro atoms. The second-order valence-corrected chi connectivity index (χ2v) is 4.55. The Morgan fingerprint density at radius 3 is 2.53 bits per heavy atom. The highest BCUT2D eigenvalue weighted by Crippen LogP contribution is 2.16. The van der Waals surface area contributed by atoms with Gasteiger partial charge in [0.05, 0.1) is 6.61 Å². The number of hydrogen-bond donors (Lipinski definition) is 1. The molecule has 0 bridgehead atoms. The minimum Gasteiger partial charge on any atom is -0.494 e. The molecule has 0 saturated heterocycles. The van der Waals surface area contributed by atoms with E-state index in [1.165, 1.54) is 12.8 Å². The van der Waals surface area contributed by atoms with E-state index in [0.29, 0.717) is 6.04 Å². The fourth-order valence-electron chi connectivity index (χ4n) is 2.10. The van der Waals surface area contributed by atoms with Gasteiger partial charge < -0.3 is 10.1 Å². The minimum atomic E-state index is 0.594. The van der Waals surface area contributed by atoms with Gasteiger partial charge in [-0.25, -0.2) is 0 Å². The van der Waals surface area contributed by atoms with Crippen LogP contribution in [0, 0.1) is 5.92 Å². The highest BCUT2D eigenvalue weighted by atomic mass is 16.5. The van der Waals surface area contributed by atoms with Crippen LogP contribution in [0.4, 0.5) is 0 Å². The fourth-order valence-corrected chi connectivity index (χ4v) is 2.10. The molecule has 96 valence electrons. The highest BCUT2D eigenvalue weighted by molar-refractivity contribution is 5.20. The molecule has 1 rings (SSSR count). The lowest BCUT2D eigenvalue weighted by atomic mass is 9.93. The van der Waals surface area contributed by atoms with Crippen LogP contribution in [0.1, 0.15) is 33.1 Å². The largest absolute Gasteiger partial charge is 0.494 e. The van der Waals surface area contributed by atoms with Gasteiger partial charge in [-0.1, -0.05) is 31.5 Å². The minimum absolute atomic E-state index is 0.594. The van der Waals surface area contributed by atoms with E-state index in [1.807, 2.05) is 37.4 Å². The van der Waals surface area contributed by atoms with E-state index in [0.717, 1.165) is 24.7 Å². The van der Waals surface area contributed by atoms with Crippen LogP contribution in [0.5, 0.6) is 5.75 Å². The molecule has 0 heterocycles. The van der Waals surface area contributed by atoms with Crippen molar-refractivity contribution in [2.75, 3.05) is 13.7 Å². The van der Waals surface area contributed by atoms with Crippen LogP contribution >= 0.6 is 0 Å². The van der Waals surface area contributed by atoms with E-state index in [-0.39, 0.29) is 0 Å². The summed E-state index contributed by atoms with van der Waals surface area (Å²) in [6, 6.07) is 10.6. The van der Waals surface area contributed by atoms with Gasteiger partial charge >= 0.3 is 0 Å². The van der Waals surface area contributed by atoms with Crippen LogP contribution in [0.3, 0.4) is 0 Å². The SMILES string of the molecule is CCC(CCCOc1ccccc1)C(C)NC. The van der Waals surface area contributed by atoms with E-state index in [2.05, 4.69) is 19.2 Å². The van der Waals surface area contributed by atoms with E-state index in [4.69, 9.17) is 4.74 Å². The zero-order valence-electron chi connectivity index (χ0n) is 11.3. The van der Waals surface area contributed by atoms with Crippen molar-refractivity contribution in [1.29, 1.82) is 0 Å². The van der Waals surface area contributed by atoms with Crippen LogP contribution in [-0.2, 0) is 0 Å². The van der Waals surface area contributed by atoms with Gasteiger partial charge in [-0.05, 0) is 44.9 Å². The Hall–Kier alpha value is -1.02. The number of benzene rings is 1. The molecular weight excluding hydrogens is 210 g/mol. The first-order chi connectivity index (χ1) is 8.27. The van der Waals surface area contributed by atoms with Gasteiger partial charge in [-0.3, -0.25) is 0 Å². The van der Waals surface area contributed by atoms with Crippen LogP contribution < -0.4 is 10.1 Å². The molecule has 2 nitrogen and oxygen atoms in total. The molecule has 2 unspecified atom stereocenters. The first kappa shape index (κ1) is 14.0. The summed E-state index contributed by atoms with van der Waals surface area (Å²) >= 11 is 0. The molecule has 0 aliphatic rings. The van der Waals surface area contributed by atoms with Crippen molar-refractivity contribution in [2.24, 2.45) is 5.92 Å². The molecule has 2 heteroatoms. The van der Waals surface area contributed by atoms with Crippen molar-refractivity contribution in [3.05, 3.63) is 30.3 Å². The monoisotopic (exact) mass is 235 g/mol. The Morgan fingerprint density at radius 1 is 1.24 bits per heavy atom. The van der Waals surface area contributed by atoms with Crippen molar-refractivity contribution in [1.82, 2.24) is 5.32 Å². The third-order valence-corrected chi connectivity index (χ3v) is 3.42. The Kier molecular flexibility index (Phi) is 6.71. The summed E-state index contributed by atoms with van der Waals surface area (Å²) in [5, 5.41) is 3.33. The predicted molar refractivity (Wildman–Crippen MR) is 73.5 cm³/mol. The number of rotatable bonds is 8. The molecular formula is C15H25NO. The Labute approximate surface area is 105 Å². The average Bonchev–Trinajstić information content (AvgIpc) is 2.39. The van der Waals surface area contributed by atoms with Gasteiger partial charge in [0.15, 0.2) is 0 Å². The van der Waals surface area contributed by atoms with Crippen molar-refractivity contribution < 1.29 is 4.74 Å². The van der Waals surface area contributed by atoms with Gasteiger partial charge in [0.25, 0.3) is 0 Å². The summed E-state index contributed by atoms with van der Waals surface area (Å²) in [6.07, 6.45) is 3.58. The van der Waals surface area contributed by atoms with Crippen molar-refractivity contribution in [3.63, 3.8) is 0 Å².